The van der Waals surface area contributed by atoms with Crippen LogP contribution in [0.3, 0.4) is 0 Å². The topological polar surface area (TPSA) is 21.3 Å². The van der Waals surface area contributed by atoms with E-state index >= 15 is 0 Å². The van der Waals surface area contributed by atoms with Gasteiger partial charge in [-0.3, -0.25) is 0 Å². The van der Waals surface area contributed by atoms with Gasteiger partial charge in [-0.2, -0.15) is 0 Å². The molecule has 0 amide bonds. The Kier molecular flexibility index (Phi) is 9.54. The predicted molar refractivity (Wildman–Crippen MR) is 83.5 cm³/mol. The third-order valence-corrected chi connectivity index (χ3v) is 4.60. The average molecular weight is 269 g/mol. The molecule has 0 spiro atoms. The molecule has 2 heteroatoms. The molecule has 1 saturated carbocycles. The van der Waals surface area contributed by atoms with Crippen LogP contribution in [0.25, 0.3) is 0 Å². The summed E-state index contributed by atoms with van der Waals surface area (Å²) >= 11 is 0. The standard InChI is InChI=1S/C17H35NO/c1-4-7-12-19-13-10-16-14-15(6-3)8-9-17(16)18-11-5-2/h15-18H,4-14H2,1-3H3. The number of nitrogens with one attached hydrogen (secondary N) is 1. The molecule has 114 valence electrons. The molecule has 0 aromatic carbocycles. The van der Waals surface area contributed by atoms with Gasteiger partial charge in [-0.15, -0.1) is 0 Å². The molecular weight excluding hydrogens is 234 g/mol. The van der Waals surface area contributed by atoms with Gasteiger partial charge in [0.1, 0.15) is 0 Å². The fourth-order valence-electron chi connectivity index (χ4n) is 3.23. The van der Waals surface area contributed by atoms with Gasteiger partial charge in [0, 0.05) is 19.3 Å². The second-order valence-electron chi connectivity index (χ2n) is 6.16. The summed E-state index contributed by atoms with van der Waals surface area (Å²) in [7, 11) is 0. The van der Waals surface area contributed by atoms with Gasteiger partial charge < -0.3 is 10.1 Å². The van der Waals surface area contributed by atoms with E-state index in [9.17, 15) is 0 Å². The molecule has 1 rings (SSSR count). The van der Waals surface area contributed by atoms with Gasteiger partial charge >= 0.3 is 0 Å². The molecule has 0 aromatic rings. The maximum absolute atomic E-state index is 5.77. The Hall–Kier alpha value is -0.0800. The van der Waals surface area contributed by atoms with Crippen molar-refractivity contribution < 1.29 is 4.74 Å². The van der Waals surface area contributed by atoms with Crippen LogP contribution >= 0.6 is 0 Å². The van der Waals surface area contributed by atoms with Crippen molar-refractivity contribution in [2.24, 2.45) is 11.8 Å². The highest BCUT2D eigenvalue weighted by atomic mass is 16.5. The van der Waals surface area contributed by atoms with Gasteiger partial charge in [0.05, 0.1) is 0 Å². The Morgan fingerprint density at radius 2 is 1.89 bits per heavy atom. The van der Waals surface area contributed by atoms with Crippen molar-refractivity contribution in [1.29, 1.82) is 0 Å². The molecule has 0 heterocycles. The Balaban J connectivity index is 2.28. The molecule has 0 radical (unpaired) electrons. The maximum atomic E-state index is 5.77. The molecule has 1 aliphatic carbocycles. The molecule has 1 N–H and O–H groups in total. The smallest absolute Gasteiger partial charge is 0.0469 e. The highest BCUT2D eigenvalue weighted by molar-refractivity contribution is 4.84. The van der Waals surface area contributed by atoms with Gasteiger partial charge in [0.15, 0.2) is 0 Å². The van der Waals surface area contributed by atoms with E-state index in [1.54, 1.807) is 0 Å². The Labute approximate surface area is 120 Å². The molecule has 2 nitrogen and oxygen atoms in total. The SMILES string of the molecule is CCCCOCCC1CC(CC)CCC1NCCC. The summed E-state index contributed by atoms with van der Waals surface area (Å²) in [5, 5.41) is 3.76. The first-order valence-corrected chi connectivity index (χ1v) is 8.62. The molecule has 1 aliphatic rings. The molecule has 0 saturated heterocycles. The Morgan fingerprint density at radius 3 is 2.58 bits per heavy atom. The van der Waals surface area contributed by atoms with E-state index in [1.165, 1.54) is 57.9 Å². The third-order valence-electron chi connectivity index (χ3n) is 4.60. The van der Waals surface area contributed by atoms with Crippen LogP contribution in [0.1, 0.15) is 72.1 Å². The van der Waals surface area contributed by atoms with Crippen molar-refractivity contribution in [2.75, 3.05) is 19.8 Å². The lowest BCUT2D eigenvalue weighted by atomic mass is 9.75. The minimum Gasteiger partial charge on any atom is -0.381 e. The average Bonchev–Trinajstić information content (AvgIpc) is 2.45. The van der Waals surface area contributed by atoms with Crippen molar-refractivity contribution in [1.82, 2.24) is 5.32 Å². The fraction of sp³-hybridized carbons (Fsp3) is 1.00. The highest BCUT2D eigenvalue weighted by Crippen LogP contribution is 2.33. The van der Waals surface area contributed by atoms with Crippen molar-refractivity contribution in [3.63, 3.8) is 0 Å². The van der Waals surface area contributed by atoms with Crippen LogP contribution < -0.4 is 5.32 Å². The summed E-state index contributed by atoms with van der Waals surface area (Å²) in [6.45, 7) is 9.92. The van der Waals surface area contributed by atoms with Gasteiger partial charge in [0.2, 0.25) is 0 Å². The number of ether oxygens (including phenoxy) is 1. The largest absolute Gasteiger partial charge is 0.381 e. The van der Waals surface area contributed by atoms with Gasteiger partial charge in [-0.1, -0.05) is 33.6 Å². The zero-order valence-electron chi connectivity index (χ0n) is 13.4. The van der Waals surface area contributed by atoms with E-state index in [-0.39, 0.29) is 0 Å². The van der Waals surface area contributed by atoms with Gasteiger partial charge in [-0.05, 0) is 56.9 Å². The van der Waals surface area contributed by atoms with E-state index in [1.807, 2.05) is 0 Å². The summed E-state index contributed by atoms with van der Waals surface area (Å²) in [4.78, 5) is 0. The molecule has 0 aliphatic heterocycles. The fourth-order valence-corrected chi connectivity index (χ4v) is 3.23. The summed E-state index contributed by atoms with van der Waals surface area (Å²) in [5.41, 5.74) is 0. The van der Waals surface area contributed by atoms with Crippen molar-refractivity contribution >= 4 is 0 Å². The van der Waals surface area contributed by atoms with Crippen LogP contribution in [0.4, 0.5) is 0 Å². The summed E-state index contributed by atoms with van der Waals surface area (Å²) in [6.07, 6.45) is 10.5. The van der Waals surface area contributed by atoms with Crippen molar-refractivity contribution in [2.45, 2.75) is 78.2 Å². The first-order valence-electron chi connectivity index (χ1n) is 8.62. The van der Waals surface area contributed by atoms with E-state index in [2.05, 4.69) is 26.1 Å². The number of hydrogen-bond acceptors (Lipinski definition) is 2. The van der Waals surface area contributed by atoms with Crippen LogP contribution in [0.2, 0.25) is 0 Å². The lowest BCUT2D eigenvalue weighted by molar-refractivity contribution is 0.0938. The van der Waals surface area contributed by atoms with E-state index in [0.717, 1.165) is 31.1 Å². The minimum absolute atomic E-state index is 0.748. The second kappa shape index (κ2) is 10.7. The molecule has 1 fully saturated rings. The Morgan fingerprint density at radius 1 is 1.05 bits per heavy atom. The lowest BCUT2D eigenvalue weighted by Crippen LogP contribution is -2.41. The highest BCUT2D eigenvalue weighted by Gasteiger charge is 2.28. The molecular formula is C17H35NO. The lowest BCUT2D eigenvalue weighted by Gasteiger charge is -2.36. The minimum atomic E-state index is 0.748. The van der Waals surface area contributed by atoms with Crippen molar-refractivity contribution in [3.8, 4) is 0 Å². The summed E-state index contributed by atoms with van der Waals surface area (Å²) in [6, 6.07) is 0.748. The van der Waals surface area contributed by atoms with Crippen LogP contribution in [-0.4, -0.2) is 25.8 Å². The summed E-state index contributed by atoms with van der Waals surface area (Å²) in [5.74, 6) is 1.80. The van der Waals surface area contributed by atoms with E-state index in [4.69, 9.17) is 4.74 Å². The number of unbranched alkanes of at least 4 members (excludes halogenated alkanes) is 1. The van der Waals surface area contributed by atoms with Crippen LogP contribution in [-0.2, 0) is 4.74 Å². The van der Waals surface area contributed by atoms with E-state index < -0.39 is 0 Å². The number of hydrogen-bond donors (Lipinski definition) is 1. The predicted octanol–water partition coefficient (Wildman–Crippen LogP) is 4.39. The number of rotatable bonds is 10. The van der Waals surface area contributed by atoms with Gasteiger partial charge in [0.25, 0.3) is 0 Å². The summed E-state index contributed by atoms with van der Waals surface area (Å²) < 4.78 is 5.77. The van der Waals surface area contributed by atoms with Crippen molar-refractivity contribution in [3.05, 3.63) is 0 Å². The quantitative estimate of drug-likeness (QED) is 0.594. The van der Waals surface area contributed by atoms with E-state index in [0.29, 0.717) is 0 Å². The maximum Gasteiger partial charge on any atom is 0.0469 e. The Bertz CT molecular complexity index is 207. The van der Waals surface area contributed by atoms with Crippen LogP contribution in [0.5, 0.6) is 0 Å². The molecule has 3 atom stereocenters. The van der Waals surface area contributed by atoms with Crippen LogP contribution in [0.15, 0.2) is 0 Å². The zero-order valence-corrected chi connectivity index (χ0v) is 13.4. The molecule has 0 bridgehead atoms. The molecule has 0 aromatic heterocycles. The normalized spacial score (nSPS) is 27.6. The first-order chi connectivity index (χ1) is 9.31. The molecule has 19 heavy (non-hydrogen) atoms. The third kappa shape index (κ3) is 6.76. The van der Waals surface area contributed by atoms with Gasteiger partial charge in [-0.25, -0.2) is 0 Å². The second-order valence-corrected chi connectivity index (χ2v) is 6.16. The first kappa shape index (κ1) is 17.0. The molecule has 3 unspecified atom stereocenters. The zero-order chi connectivity index (χ0) is 13.9. The van der Waals surface area contributed by atoms with Crippen LogP contribution in [0, 0.1) is 11.8 Å². The monoisotopic (exact) mass is 269 g/mol.